The highest BCUT2D eigenvalue weighted by Crippen LogP contribution is 2.58. The first-order valence-corrected chi connectivity index (χ1v) is 10.5. The number of nitrogens with zero attached hydrogens (tertiary/aromatic N) is 7. The van der Waals surface area contributed by atoms with Crippen molar-refractivity contribution in [2.75, 3.05) is 18.0 Å². The number of imidazole rings is 1. The minimum atomic E-state index is -2.85. The summed E-state index contributed by atoms with van der Waals surface area (Å²) in [5.41, 5.74) is 1.44. The van der Waals surface area contributed by atoms with Crippen LogP contribution in [0.5, 0.6) is 5.75 Å². The van der Waals surface area contributed by atoms with E-state index in [1.807, 2.05) is 6.07 Å². The molecule has 2 fully saturated rings. The molecule has 10 nitrogen and oxygen atoms in total. The Morgan fingerprint density at radius 3 is 2.79 bits per heavy atom. The minimum Gasteiger partial charge on any atom is -0.435 e. The van der Waals surface area contributed by atoms with Gasteiger partial charge in [0.2, 0.25) is 5.89 Å². The van der Waals surface area contributed by atoms with E-state index in [-0.39, 0.29) is 23.8 Å². The third-order valence-corrected chi connectivity index (χ3v) is 6.39. The predicted molar refractivity (Wildman–Crippen MR) is 111 cm³/mol. The summed E-state index contributed by atoms with van der Waals surface area (Å²) in [7, 11) is 1.74. The predicted octanol–water partition coefficient (Wildman–Crippen LogP) is 2.01. The van der Waals surface area contributed by atoms with Gasteiger partial charge in [0.25, 0.3) is 5.56 Å². The Morgan fingerprint density at radius 1 is 1.21 bits per heavy atom. The third-order valence-electron chi connectivity index (χ3n) is 6.39. The molecule has 12 heteroatoms. The molecule has 0 N–H and O–H groups in total. The van der Waals surface area contributed by atoms with Crippen LogP contribution in [0.25, 0.3) is 11.2 Å². The number of halogens is 2. The Labute approximate surface area is 185 Å². The largest absolute Gasteiger partial charge is 0.435 e. The van der Waals surface area contributed by atoms with Gasteiger partial charge in [0.15, 0.2) is 17.0 Å². The van der Waals surface area contributed by atoms with Crippen LogP contribution in [-0.4, -0.2) is 48.9 Å². The lowest BCUT2D eigenvalue weighted by atomic mass is 10.2. The fourth-order valence-electron chi connectivity index (χ4n) is 4.77. The van der Waals surface area contributed by atoms with Crippen molar-refractivity contribution in [1.29, 1.82) is 0 Å². The van der Waals surface area contributed by atoms with Crippen LogP contribution in [0.15, 0.2) is 46.2 Å². The van der Waals surface area contributed by atoms with Gasteiger partial charge in [-0.25, -0.2) is 9.97 Å². The molecule has 6 rings (SSSR count). The first-order chi connectivity index (χ1) is 16.0. The van der Waals surface area contributed by atoms with Gasteiger partial charge >= 0.3 is 6.61 Å². The number of anilines is 1. The number of benzene rings is 1. The van der Waals surface area contributed by atoms with Crippen LogP contribution in [0.2, 0.25) is 0 Å². The van der Waals surface area contributed by atoms with Crippen molar-refractivity contribution in [3.63, 3.8) is 0 Å². The number of hydrogen-bond acceptors (Lipinski definition) is 8. The van der Waals surface area contributed by atoms with E-state index in [2.05, 4.69) is 29.7 Å². The Balaban J connectivity index is 1.13. The fraction of sp³-hybridized carbons (Fsp3) is 0.381. The molecule has 33 heavy (non-hydrogen) atoms. The molecule has 1 aliphatic heterocycles. The second-order valence-corrected chi connectivity index (χ2v) is 8.39. The van der Waals surface area contributed by atoms with Crippen LogP contribution in [0.4, 0.5) is 14.5 Å². The molecule has 1 saturated carbocycles. The van der Waals surface area contributed by atoms with Gasteiger partial charge < -0.3 is 18.7 Å². The highest BCUT2D eigenvalue weighted by Gasteiger charge is 2.58. The lowest BCUT2D eigenvalue weighted by Gasteiger charge is -2.22. The number of aryl methyl sites for hydroxylation is 1. The number of ether oxygens (including phenoxy) is 1. The lowest BCUT2D eigenvalue weighted by molar-refractivity contribution is -0.0498. The van der Waals surface area contributed by atoms with Crippen LogP contribution >= 0.6 is 0 Å². The van der Waals surface area contributed by atoms with Gasteiger partial charge in [-0.05, 0) is 24.0 Å². The number of aromatic nitrogens is 6. The molecule has 3 aromatic heterocycles. The van der Waals surface area contributed by atoms with E-state index in [1.54, 1.807) is 30.1 Å². The average molecular weight is 455 g/mol. The summed E-state index contributed by atoms with van der Waals surface area (Å²) in [5.74, 6) is 2.05. The van der Waals surface area contributed by atoms with Crippen molar-refractivity contribution >= 4 is 16.9 Å². The first-order valence-electron chi connectivity index (χ1n) is 10.5. The molecule has 1 unspecified atom stereocenters. The molecule has 0 amide bonds. The standard InChI is InChI=1S/C21H19F2N7O3/c1-28-9-24-19-17(28)20(31)30(10-25-19)8-15-26-18(27-33-15)16-13-6-29(7-14(13)16)11-3-2-4-12(5-11)32-21(22)23/h2-5,9-10,13-14,16,21H,6-8H2,1H3/t13-,14+,16?. The molecule has 170 valence electrons. The second-order valence-electron chi connectivity index (χ2n) is 8.39. The maximum Gasteiger partial charge on any atom is 0.387 e. The van der Waals surface area contributed by atoms with Gasteiger partial charge in [-0.2, -0.15) is 13.8 Å². The number of alkyl halides is 2. The maximum absolute atomic E-state index is 12.7. The molecule has 1 aromatic carbocycles. The average Bonchev–Trinajstić information content (AvgIpc) is 3.20. The fourth-order valence-corrected chi connectivity index (χ4v) is 4.77. The summed E-state index contributed by atoms with van der Waals surface area (Å²) in [6.07, 6.45) is 2.97. The van der Waals surface area contributed by atoms with E-state index >= 15 is 0 Å². The summed E-state index contributed by atoms with van der Waals surface area (Å²) in [5, 5.41) is 4.14. The van der Waals surface area contributed by atoms with Gasteiger partial charge in [0.05, 0.1) is 6.33 Å². The Bertz CT molecular complexity index is 1390. The van der Waals surface area contributed by atoms with Crippen LogP contribution in [0.1, 0.15) is 17.6 Å². The van der Waals surface area contributed by atoms with Crippen molar-refractivity contribution in [3.05, 3.63) is 59.0 Å². The molecule has 3 atom stereocenters. The lowest BCUT2D eigenvalue weighted by Crippen LogP contribution is -2.24. The van der Waals surface area contributed by atoms with Gasteiger partial charge in [-0.3, -0.25) is 9.36 Å². The zero-order valence-electron chi connectivity index (χ0n) is 17.5. The smallest absolute Gasteiger partial charge is 0.387 e. The molecule has 4 heterocycles. The van der Waals surface area contributed by atoms with Gasteiger partial charge in [-0.15, -0.1) is 0 Å². The van der Waals surface area contributed by atoms with Gasteiger partial charge in [0, 0.05) is 37.8 Å². The summed E-state index contributed by atoms with van der Waals surface area (Å²) in [4.78, 5) is 27.7. The van der Waals surface area contributed by atoms with Gasteiger partial charge in [-0.1, -0.05) is 11.2 Å². The zero-order valence-corrected chi connectivity index (χ0v) is 17.5. The van der Waals surface area contributed by atoms with Crippen molar-refractivity contribution in [1.82, 2.24) is 29.2 Å². The monoisotopic (exact) mass is 455 g/mol. The van der Waals surface area contributed by atoms with Crippen LogP contribution in [-0.2, 0) is 13.6 Å². The molecular formula is C21H19F2N7O3. The van der Waals surface area contributed by atoms with Crippen LogP contribution in [0, 0.1) is 11.8 Å². The number of piperidine rings is 1. The second kappa shape index (κ2) is 7.36. The van der Waals surface area contributed by atoms with E-state index in [9.17, 15) is 13.6 Å². The SMILES string of the molecule is Cn1cnc2ncn(Cc3nc(C4[C@H]5CN(c6cccc(OC(F)F)c6)C[C@@H]45)no3)c(=O)c21. The van der Waals surface area contributed by atoms with Crippen LogP contribution < -0.4 is 15.2 Å². The topological polar surface area (TPSA) is 104 Å². The minimum absolute atomic E-state index is 0.130. The molecule has 1 saturated heterocycles. The number of fused-ring (bicyclic) bond motifs is 2. The normalized spacial score (nSPS) is 21.7. The highest BCUT2D eigenvalue weighted by molar-refractivity contribution is 5.68. The summed E-state index contributed by atoms with van der Waals surface area (Å²) < 4.78 is 37.9. The Morgan fingerprint density at radius 2 is 2.00 bits per heavy atom. The van der Waals surface area contributed by atoms with Crippen molar-refractivity contribution in [3.8, 4) is 5.75 Å². The van der Waals surface area contributed by atoms with Crippen molar-refractivity contribution in [2.45, 2.75) is 19.1 Å². The number of hydrogen-bond donors (Lipinski definition) is 0. The van der Waals surface area contributed by atoms with E-state index in [1.165, 1.54) is 17.0 Å². The zero-order chi connectivity index (χ0) is 22.7. The van der Waals surface area contributed by atoms with Crippen LogP contribution in [0.3, 0.4) is 0 Å². The van der Waals surface area contributed by atoms with E-state index in [0.717, 1.165) is 18.8 Å². The van der Waals surface area contributed by atoms with E-state index < -0.39 is 6.61 Å². The van der Waals surface area contributed by atoms with Crippen molar-refractivity contribution < 1.29 is 18.0 Å². The molecule has 0 spiro atoms. The maximum atomic E-state index is 12.7. The quantitative estimate of drug-likeness (QED) is 0.435. The molecule has 0 radical (unpaired) electrons. The summed E-state index contributed by atoms with van der Waals surface area (Å²) in [6, 6.07) is 6.74. The van der Waals surface area contributed by atoms with E-state index in [0.29, 0.717) is 34.7 Å². The molecule has 4 aromatic rings. The Kier molecular flexibility index (Phi) is 4.42. The first kappa shape index (κ1) is 19.8. The van der Waals surface area contributed by atoms with E-state index in [4.69, 9.17) is 4.52 Å². The number of rotatable bonds is 6. The summed E-state index contributed by atoms with van der Waals surface area (Å²) >= 11 is 0. The third kappa shape index (κ3) is 3.41. The molecular weight excluding hydrogens is 436 g/mol. The highest BCUT2D eigenvalue weighted by atomic mass is 19.3. The molecule has 2 aliphatic rings. The molecule has 0 bridgehead atoms. The van der Waals surface area contributed by atoms with Crippen molar-refractivity contribution in [2.24, 2.45) is 18.9 Å². The van der Waals surface area contributed by atoms with Gasteiger partial charge in [0.1, 0.15) is 18.6 Å². The summed E-state index contributed by atoms with van der Waals surface area (Å²) in [6.45, 7) is -1.16. The molecule has 1 aliphatic carbocycles. The Hall–Kier alpha value is -3.83.